The lowest BCUT2D eigenvalue weighted by molar-refractivity contribution is 0.601. The van der Waals surface area contributed by atoms with Gasteiger partial charge >= 0.3 is 0 Å². The van der Waals surface area contributed by atoms with Gasteiger partial charge in [-0.05, 0) is 24.7 Å². The van der Waals surface area contributed by atoms with Crippen LogP contribution in [0.5, 0.6) is 0 Å². The first-order valence-corrected chi connectivity index (χ1v) is 6.80. The molecule has 0 aromatic heterocycles. The van der Waals surface area contributed by atoms with Gasteiger partial charge in [-0.2, -0.15) is 0 Å². The molecule has 0 aliphatic rings. The van der Waals surface area contributed by atoms with E-state index in [1.807, 2.05) is 37.4 Å². The lowest BCUT2D eigenvalue weighted by atomic mass is 10.1. The maximum Gasteiger partial charge on any atom is 0.136 e. The Hall–Kier alpha value is -1.32. The summed E-state index contributed by atoms with van der Waals surface area (Å²) in [7, 11) is 1.91. The molecule has 0 heterocycles. The number of rotatable bonds is 5. The first-order valence-electron chi connectivity index (χ1n) is 5.92. The molecule has 2 rings (SSSR count). The van der Waals surface area contributed by atoms with E-state index in [1.165, 1.54) is 11.6 Å². The third kappa shape index (κ3) is 3.34. The largest absolute Gasteiger partial charge is 0.318 e. The third-order valence-electron chi connectivity index (χ3n) is 2.67. The molecular formula is C15H16FNS. The summed E-state index contributed by atoms with van der Waals surface area (Å²) < 4.78 is 13.7. The Kier molecular flexibility index (Phi) is 4.79. The van der Waals surface area contributed by atoms with Crippen LogP contribution < -0.4 is 5.32 Å². The lowest BCUT2D eigenvalue weighted by Crippen LogP contribution is -2.15. The minimum absolute atomic E-state index is 0.153. The zero-order valence-electron chi connectivity index (χ0n) is 10.3. The van der Waals surface area contributed by atoms with E-state index in [0.717, 1.165) is 6.54 Å². The fraction of sp³-hybridized carbons (Fsp3) is 0.200. The summed E-state index contributed by atoms with van der Waals surface area (Å²) in [5.41, 5.74) is 1.21. The molecule has 0 aliphatic heterocycles. The molecule has 0 saturated heterocycles. The smallest absolute Gasteiger partial charge is 0.136 e. The second-order valence-corrected chi connectivity index (χ2v) is 5.25. The standard InChI is InChI=1S/C15H16FNS/c1-17-11-15(12-7-3-2-4-8-12)18-14-10-6-5-9-13(14)16/h2-10,15,17H,11H2,1H3. The molecule has 1 N–H and O–H groups in total. The van der Waals surface area contributed by atoms with Gasteiger partial charge in [-0.15, -0.1) is 11.8 Å². The van der Waals surface area contributed by atoms with Crippen LogP contribution in [0.4, 0.5) is 4.39 Å². The summed E-state index contributed by atoms with van der Waals surface area (Å²) in [5.74, 6) is -0.153. The Morgan fingerprint density at radius 1 is 1.06 bits per heavy atom. The Bertz CT molecular complexity index is 487. The van der Waals surface area contributed by atoms with Gasteiger partial charge in [0, 0.05) is 16.7 Å². The molecule has 94 valence electrons. The van der Waals surface area contributed by atoms with Gasteiger partial charge in [-0.1, -0.05) is 42.5 Å². The highest BCUT2D eigenvalue weighted by molar-refractivity contribution is 7.99. The second kappa shape index (κ2) is 6.57. The van der Waals surface area contributed by atoms with Crippen LogP contribution in [0, 0.1) is 5.82 Å². The topological polar surface area (TPSA) is 12.0 Å². The highest BCUT2D eigenvalue weighted by atomic mass is 32.2. The maximum atomic E-state index is 13.7. The summed E-state index contributed by atoms with van der Waals surface area (Å²) in [5, 5.41) is 3.38. The van der Waals surface area contributed by atoms with E-state index in [-0.39, 0.29) is 11.1 Å². The van der Waals surface area contributed by atoms with Crippen LogP contribution in [0.3, 0.4) is 0 Å². The van der Waals surface area contributed by atoms with Crippen molar-refractivity contribution in [3.05, 3.63) is 66.0 Å². The molecule has 2 aromatic rings. The van der Waals surface area contributed by atoms with Gasteiger partial charge in [0.1, 0.15) is 5.82 Å². The second-order valence-electron chi connectivity index (χ2n) is 4.01. The van der Waals surface area contributed by atoms with Crippen LogP contribution in [-0.4, -0.2) is 13.6 Å². The van der Waals surface area contributed by atoms with Gasteiger partial charge in [0.05, 0.1) is 0 Å². The van der Waals surface area contributed by atoms with Gasteiger partial charge < -0.3 is 5.32 Å². The van der Waals surface area contributed by atoms with Crippen LogP contribution in [0.1, 0.15) is 10.8 Å². The zero-order valence-corrected chi connectivity index (χ0v) is 11.1. The maximum absolute atomic E-state index is 13.7. The Morgan fingerprint density at radius 2 is 1.72 bits per heavy atom. The third-order valence-corrected chi connectivity index (χ3v) is 3.98. The van der Waals surface area contributed by atoms with Crippen LogP contribution in [-0.2, 0) is 0 Å². The van der Waals surface area contributed by atoms with Gasteiger partial charge in [0.2, 0.25) is 0 Å². The number of thioether (sulfide) groups is 1. The first-order chi connectivity index (χ1) is 8.81. The van der Waals surface area contributed by atoms with Crippen molar-refractivity contribution in [2.75, 3.05) is 13.6 Å². The fourth-order valence-corrected chi connectivity index (χ4v) is 2.96. The number of nitrogens with one attached hydrogen (secondary N) is 1. The van der Waals surface area contributed by atoms with E-state index in [1.54, 1.807) is 17.8 Å². The van der Waals surface area contributed by atoms with Crippen molar-refractivity contribution in [1.29, 1.82) is 0 Å². The molecule has 0 amide bonds. The summed E-state index contributed by atoms with van der Waals surface area (Å²) in [4.78, 5) is 0.696. The number of hydrogen-bond acceptors (Lipinski definition) is 2. The highest BCUT2D eigenvalue weighted by Crippen LogP contribution is 2.35. The predicted octanol–water partition coefficient (Wildman–Crippen LogP) is 3.88. The fourth-order valence-electron chi connectivity index (χ4n) is 1.77. The molecule has 18 heavy (non-hydrogen) atoms. The van der Waals surface area contributed by atoms with Crippen LogP contribution in [0.2, 0.25) is 0 Å². The number of benzene rings is 2. The van der Waals surface area contributed by atoms with Crippen molar-refractivity contribution in [2.24, 2.45) is 0 Å². The molecule has 1 unspecified atom stereocenters. The molecule has 0 radical (unpaired) electrons. The van der Waals surface area contributed by atoms with E-state index in [2.05, 4.69) is 17.4 Å². The predicted molar refractivity (Wildman–Crippen MR) is 75.4 cm³/mol. The SMILES string of the molecule is CNCC(Sc1ccccc1F)c1ccccc1. The van der Waals surface area contributed by atoms with Gasteiger partial charge in [-0.3, -0.25) is 0 Å². The minimum atomic E-state index is -0.153. The molecule has 0 fully saturated rings. The normalized spacial score (nSPS) is 12.3. The molecule has 0 aliphatic carbocycles. The minimum Gasteiger partial charge on any atom is -0.318 e. The van der Waals surface area contributed by atoms with Crippen molar-refractivity contribution in [3.63, 3.8) is 0 Å². The number of likely N-dealkylation sites (N-methyl/N-ethyl adjacent to an activating group) is 1. The number of hydrogen-bond donors (Lipinski definition) is 1. The first kappa shape index (κ1) is 13.1. The van der Waals surface area contributed by atoms with Crippen molar-refractivity contribution in [2.45, 2.75) is 10.1 Å². The average Bonchev–Trinajstić information content (AvgIpc) is 2.42. The Labute approximate surface area is 111 Å². The Balaban J connectivity index is 2.19. The summed E-state index contributed by atoms with van der Waals surface area (Å²) in [6.07, 6.45) is 0. The molecular weight excluding hydrogens is 245 g/mol. The van der Waals surface area contributed by atoms with E-state index in [0.29, 0.717) is 4.90 Å². The molecule has 3 heteroatoms. The van der Waals surface area contributed by atoms with Crippen molar-refractivity contribution in [3.8, 4) is 0 Å². The van der Waals surface area contributed by atoms with Gasteiger partial charge in [0.15, 0.2) is 0 Å². The summed E-state index contributed by atoms with van der Waals surface area (Å²) in [6.45, 7) is 0.809. The average molecular weight is 261 g/mol. The van der Waals surface area contributed by atoms with Crippen molar-refractivity contribution in [1.82, 2.24) is 5.32 Å². The quantitative estimate of drug-likeness (QED) is 0.820. The van der Waals surface area contributed by atoms with Crippen molar-refractivity contribution < 1.29 is 4.39 Å². The van der Waals surface area contributed by atoms with E-state index in [4.69, 9.17) is 0 Å². The monoisotopic (exact) mass is 261 g/mol. The summed E-state index contributed by atoms with van der Waals surface area (Å²) in [6, 6.07) is 17.1. The molecule has 0 spiro atoms. The van der Waals surface area contributed by atoms with Crippen LogP contribution in [0.15, 0.2) is 59.5 Å². The van der Waals surface area contributed by atoms with E-state index < -0.39 is 0 Å². The zero-order chi connectivity index (χ0) is 12.8. The summed E-state index contributed by atoms with van der Waals surface area (Å²) >= 11 is 1.56. The van der Waals surface area contributed by atoms with E-state index >= 15 is 0 Å². The molecule has 1 atom stereocenters. The molecule has 0 bridgehead atoms. The van der Waals surface area contributed by atoms with Crippen molar-refractivity contribution >= 4 is 11.8 Å². The number of halogens is 1. The van der Waals surface area contributed by atoms with Gasteiger partial charge in [0.25, 0.3) is 0 Å². The molecule has 2 aromatic carbocycles. The molecule has 1 nitrogen and oxygen atoms in total. The highest BCUT2D eigenvalue weighted by Gasteiger charge is 2.14. The lowest BCUT2D eigenvalue weighted by Gasteiger charge is -2.17. The van der Waals surface area contributed by atoms with Crippen LogP contribution in [0.25, 0.3) is 0 Å². The van der Waals surface area contributed by atoms with Crippen LogP contribution >= 0.6 is 11.8 Å². The van der Waals surface area contributed by atoms with E-state index in [9.17, 15) is 4.39 Å². The Morgan fingerprint density at radius 3 is 2.39 bits per heavy atom. The van der Waals surface area contributed by atoms with Gasteiger partial charge in [-0.25, -0.2) is 4.39 Å². The molecule has 0 saturated carbocycles.